The van der Waals surface area contributed by atoms with E-state index < -0.39 is 0 Å². The van der Waals surface area contributed by atoms with Crippen molar-refractivity contribution in [2.24, 2.45) is 0 Å². The first-order valence-electron chi connectivity index (χ1n) is 5.05. The summed E-state index contributed by atoms with van der Waals surface area (Å²) in [5, 5.41) is 8.79. The first-order chi connectivity index (χ1) is 8.19. The van der Waals surface area contributed by atoms with Gasteiger partial charge in [0.15, 0.2) is 0 Å². The molecule has 0 atom stereocenters. The van der Waals surface area contributed by atoms with Gasteiger partial charge in [-0.05, 0) is 18.6 Å². The number of hydrogen-bond acceptors (Lipinski definition) is 4. The van der Waals surface area contributed by atoms with E-state index in [4.69, 9.17) is 9.84 Å². The van der Waals surface area contributed by atoms with Crippen LogP contribution in [0.3, 0.4) is 0 Å². The van der Waals surface area contributed by atoms with Crippen molar-refractivity contribution in [2.45, 2.75) is 13.5 Å². The zero-order valence-electron chi connectivity index (χ0n) is 9.22. The standard InChI is InChI=1S/C12H11FN2O2/c1-8-2-3-10(4-11(8)13)17-12-6-14-9(7-16)5-15-12/h2-6,16H,7H2,1H3. The molecule has 17 heavy (non-hydrogen) atoms. The Bertz CT molecular complexity index is 514. The lowest BCUT2D eigenvalue weighted by molar-refractivity contribution is 0.276. The second kappa shape index (κ2) is 4.88. The summed E-state index contributed by atoms with van der Waals surface area (Å²) in [6.07, 6.45) is 2.78. The first-order valence-corrected chi connectivity index (χ1v) is 5.05. The van der Waals surface area contributed by atoms with E-state index in [1.54, 1.807) is 19.1 Å². The number of aryl methyl sites for hydroxylation is 1. The molecular formula is C12H11FN2O2. The number of aromatic nitrogens is 2. The zero-order chi connectivity index (χ0) is 12.3. The highest BCUT2D eigenvalue weighted by atomic mass is 19.1. The van der Waals surface area contributed by atoms with Gasteiger partial charge in [-0.25, -0.2) is 9.37 Å². The average molecular weight is 234 g/mol. The predicted molar refractivity (Wildman–Crippen MR) is 59.2 cm³/mol. The van der Waals surface area contributed by atoms with Crippen molar-refractivity contribution in [3.05, 3.63) is 47.7 Å². The minimum Gasteiger partial charge on any atom is -0.437 e. The van der Waals surface area contributed by atoms with Gasteiger partial charge >= 0.3 is 0 Å². The molecule has 1 aromatic heterocycles. The molecule has 0 unspecified atom stereocenters. The molecule has 0 bridgehead atoms. The van der Waals surface area contributed by atoms with Gasteiger partial charge < -0.3 is 9.84 Å². The SMILES string of the molecule is Cc1ccc(Oc2cnc(CO)cn2)cc1F. The van der Waals surface area contributed by atoms with Crippen molar-refractivity contribution in [1.82, 2.24) is 9.97 Å². The van der Waals surface area contributed by atoms with Gasteiger partial charge in [0.25, 0.3) is 0 Å². The maximum Gasteiger partial charge on any atom is 0.237 e. The van der Waals surface area contributed by atoms with Crippen LogP contribution in [0.4, 0.5) is 4.39 Å². The van der Waals surface area contributed by atoms with E-state index in [0.29, 0.717) is 17.0 Å². The van der Waals surface area contributed by atoms with Gasteiger partial charge in [-0.3, -0.25) is 4.98 Å². The third-order valence-electron chi connectivity index (χ3n) is 2.21. The van der Waals surface area contributed by atoms with Crippen LogP contribution >= 0.6 is 0 Å². The predicted octanol–water partition coefficient (Wildman–Crippen LogP) is 2.21. The van der Waals surface area contributed by atoms with Crippen LogP contribution in [0.25, 0.3) is 0 Å². The van der Waals surface area contributed by atoms with E-state index in [9.17, 15) is 4.39 Å². The smallest absolute Gasteiger partial charge is 0.237 e. The number of halogens is 1. The molecule has 2 rings (SSSR count). The van der Waals surface area contributed by atoms with Crippen LogP contribution in [-0.2, 0) is 6.61 Å². The van der Waals surface area contributed by atoms with Gasteiger partial charge in [0.05, 0.1) is 24.7 Å². The summed E-state index contributed by atoms with van der Waals surface area (Å²) >= 11 is 0. The summed E-state index contributed by atoms with van der Waals surface area (Å²) in [5.74, 6) is 0.284. The molecule has 0 aliphatic heterocycles. The molecule has 0 saturated carbocycles. The Labute approximate surface area is 97.7 Å². The first kappa shape index (κ1) is 11.5. The number of aliphatic hydroxyl groups excluding tert-OH is 1. The summed E-state index contributed by atoms with van der Waals surface area (Å²) in [6, 6.07) is 4.57. The van der Waals surface area contributed by atoms with Crippen LogP contribution in [-0.4, -0.2) is 15.1 Å². The highest BCUT2D eigenvalue weighted by Gasteiger charge is 2.03. The van der Waals surface area contributed by atoms with Crippen LogP contribution < -0.4 is 4.74 Å². The fourth-order valence-corrected chi connectivity index (χ4v) is 1.24. The van der Waals surface area contributed by atoms with Crippen LogP contribution in [0.15, 0.2) is 30.6 Å². The third kappa shape index (κ3) is 2.76. The molecule has 2 aromatic rings. The average Bonchev–Trinajstić information content (AvgIpc) is 2.35. The van der Waals surface area contributed by atoms with Gasteiger partial charge in [-0.2, -0.15) is 0 Å². The summed E-state index contributed by atoms with van der Waals surface area (Å²) in [4.78, 5) is 7.83. The van der Waals surface area contributed by atoms with Gasteiger partial charge in [-0.15, -0.1) is 0 Å². The fourth-order valence-electron chi connectivity index (χ4n) is 1.24. The number of benzene rings is 1. The second-order valence-corrected chi connectivity index (χ2v) is 3.52. The molecule has 4 nitrogen and oxygen atoms in total. The van der Waals surface area contributed by atoms with Crippen molar-refractivity contribution in [1.29, 1.82) is 0 Å². The number of aliphatic hydroxyl groups is 1. The van der Waals surface area contributed by atoms with E-state index in [2.05, 4.69) is 9.97 Å². The van der Waals surface area contributed by atoms with E-state index in [1.165, 1.54) is 18.5 Å². The van der Waals surface area contributed by atoms with Gasteiger partial charge in [0, 0.05) is 6.07 Å². The molecule has 0 spiro atoms. The topological polar surface area (TPSA) is 55.2 Å². The van der Waals surface area contributed by atoms with E-state index in [0.717, 1.165) is 0 Å². The minimum absolute atomic E-state index is 0.174. The molecule has 0 aliphatic carbocycles. The Morgan fingerprint density at radius 1 is 1.29 bits per heavy atom. The molecule has 88 valence electrons. The molecule has 0 radical (unpaired) electrons. The van der Waals surface area contributed by atoms with E-state index in [1.807, 2.05) is 0 Å². The Morgan fingerprint density at radius 3 is 2.71 bits per heavy atom. The monoisotopic (exact) mass is 234 g/mol. The lowest BCUT2D eigenvalue weighted by atomic mass is 10.2. The molecule has 0 aliphatic rings. The van der Waals surface area contributed by atoms with Gasteiger partial charge in [0.2, 0.25) is 5.88 Å². The summed E-state index contributed by atoms with van der Waals surface area (Å²) in [6.45, 7) is 1.50. The molecule has 5 heteroatoms. The summed E-state index contributed by atoms with van der Waals surface area (Å²) in [7, 11) is 0. The normalized spacial score (nSPS) is 10.3. The number of ether oxygens (including phenoxy) is 1. The Morgan fingerprint density at radius 2 is 2.12 bits per heavy atom. The molecule has 1 N–H and O–H groups in total. The van der Waals surface area contributed by atoms with Gasteiger partial charge in [0.1, 0.15) is 11.6 Å². The molecule has 0 amide bonds. The Balaban J connectivity index is 2.16. The van der Waals surface area contributed by atoms with E-state index in [-0.39, 0.29) is 18.3 Å². The molecule has 0 saturated heterocycles. The number of nitrogens with zero attached hydrogens (tertiary/aromatic N) is 2. The van der Waals surface area contributed by atoms with Gasteiger partial charge in [-0.1, -0.05) is 6.07 Å². The van der Waals surface area contributed by atoms with Crippen molar-refractivity contribution in [2.75, 3.05) is 0 Å². The number of rotatable bonds is 3. The fraction of sp³-hybridized carbons (Fsp3) is 0.167. The third-order valence-corrected chi connectivity index (χ3v) is 2.21. The van der Waals surface area contributed by atoms with Crippen molar-refractivity contribution in [3.63, 3.8) is 0 Å². The maximum atomic E-state index is 13.3. The Kier molecular flexibility index (Phi) is 3.30. The summed E-state index contributed by atoms with van der Waals surface area (Å²) < 4.78 is 18.6. The van der Waals surface area contributed by atoms with Crippen LogP contribution in [0.1, 0.15) is 11.3 Å². The van der Waals surface area contributed by atoms with E-state index >= 15 is 0 Å². The van der Waals surface area contributed by atoms with Crippen molar-refractivity contribution in [3.8, 4) is 11.6 Å². The minimum atomic E-state index is -0.331. The Hall–Kier alpha value is -2.01. The number of hydrogen-bond donors (Lipinski definition) is 1. The summed E-state index contributed by atoms with van der Waals surface area (Å²) in [5.41, 5.74) is 1.01. The maximum absolute atomic E-state index is 13.3. The molecule has 0 fully saturated rings. The van der Waals surface area contributed by atoms with Crippen molar-refractivity contribution < 1.29 is 14.2 Å². The molecule has 1 aromatic carbocycles. The van der Waals surface area contributed by atoms with Crippen LogP contribution in [0, 0.1) is 12.7 Å². The lowest BCUT2D eigenvalue weighted by Gasteiger charge is -2.05. The van der Waals surface area contributed by atoms with Crippen molar-refractivity contribution >= 4 is 0 Å². The zero-order valence-corrected chi connectivity index (χ0v) is 9.22. The molecule has 1 heterocycles. The quantitative estimate of drug-likeness (QED) is 0.884. The highest BCUT2D eigenvalue weighted by Crippen LogP contribution is 2.21. The highest BCUT2D eigenvalue weighted by molar-refractivity contribution is 5.30. The van der Waals surface area contributed by atoms with Crippen LogP contribution in [0.2, 0.25) is 0 Å². The lowest BCUT2D eigenvalue weighted by Crippen LogP contribution is -1.94. The second-order valence-electron chi connectivity index (χ2n) is 3.52. The van der Waals surface area contributed by atoms with Crippen LogP contribution in [0.5, 0.6) is 11.6 Å². The largest absolute Gasteiger partial charge is 0.437 e. The molecular weight excluding hydrogens is 223 g/mol.